The third kappa shape index (κ3) is 0.650. The zero-order valence-corrected chi connectivity index (χ0v) is 6.33. The van der Waals surface area contributed by atoms with Gasteiger partial charge in [0.2, 0.25) is 0 Å². The monoisotopic (exact) mass is 161 g/mol. The van der Waals surface area contributed by atoms with Crippen LogP contribution in [0.4, 0.5) is 5.82 Å². The van der Waals surface area contributed by atoms with Crippen LogP contribution in [-0.2, 0) is 6.42 Å². The molecule has 5 nitrogen and oxygen atoms in total. The molecule has 0 radical (unpaired) electrons. The van der Waals surface area contributed by atoms with Crippen molar-refractivity contribution in [3.8, 4) is 0 Å². The highest BCUT2D eigenvalue weighted by Crippen LogP contribution is 2.18. The Labute approximate surface area is 68.3 Å². The fourth-order valence-corrected chi connectivity index (χ4v) is 1.41. The van der Waals surface area contributed by atoms with Gasteiger partial charge in [-0.2, -0.15) is 0 Å². The summed E-state index contributed by atoms with van der Waals surface area (Å²) < 4.78 is 0. The topological polar surface area (TPSA) is 66.5 Å². The summed E-state index contributed by atoms with van der Waals surface area (Å²) in [4.78, 5) is 15.6. The number of aromatic nitrogens is 4. The average Bonchev–Trinajstić information content (AvgIpc) is 2.53. The molecule has 1 aliphatic heterocycles. The number of aromatic amines is 1. The Morgan fingerprint density at radius 2 is 2.33 bits per heavy atom. The molecule has 5 heteroatoms. The summed E-state index contributed by atoms with van der Waals surface area (Å²) in [5.74, 6) is 1.75. The molecule has 60 valence electrons. The minimum absolute atomic E-state index is 0.752. The number of nitrogens with zero attached hydrogens (tertiary/aromatic N) is 3. The molecule has 0 fully saturated rings. The number of hydrogen-bond donors (Lipinski definition) is 2. The van der Waals surface area contributed by atoms with E-state index in [1.54, 1.807) is 6.33 Å². The van der Waals surface area contributed by atoms with Crippen LogP contribution in [0.15, 0.2) is 6.33 Å². The fraction of sp³-hybridized carbons (Fsp3) is 0.286. The molecule has 1 aliphatic rings. The van der Waals surface area contributed by atoms with Crippen LogP contribution in [0.2, 0.25) is 0 Å². The second-order valence-electron chi connectivity index (χ2n) is 2.77. The van der Waals surface area contributed by atoms with E-state index < -0.39 is 0 Å². The Bertz CT molecular complexity index is 432. The highest BCUT2D eigenvalue weighted by atomic mass is 15.1. The standard InChI is InChI=1S/C7H7N5/c1-2-8-6-5-7(10-3-9-5)12-4(1)11-6/h3H,1-2H2,(H2,8,9,10,11,12). The van der Waals surface area contributed by atoms with Crippen molar-refractivity contribution < 1.29 is 0 Å². The highest BCUT2D eigenvalue weighted by Gasteiger charge is 2.13. The number of imidazole rings is 1. The molecule has 2 aromatic rings. The minimum Gasteiger partial charge on any atom is -0.368 e. The van der Waals surface area contributed by atoms with Crippen molar-refractivity contribution in [2.24, 2.45) is 0 Å². The second-order valence-corrected chi connectivity index (χ2v) is 2.77. The van der Waals surface area contributed by atoms with Crippen molar-refractivity contribution in [3.63, 3.8) is 0 Å². The van der Waals surface area contributed by atoms with Gasteiger partial charge in [0.05, 0.1) is 6.33 Å². The van der Waals surface area contributed by atoms with Crippen LogP contribution in [0, 0.1) is 0 Å². The van der Waals surface area contributed by atoms with E-state index in [4.69, 9.17) is 0 Å². The van der Waals surface area contributed by atoms with Crippen LogP contribution < -0.4 is 5.32 Å². The van der Waals surface area contributed by atoms with E-state index in [1.807, 2.05) is 0 Å². The van der Waals surface area contributed by atoms with E-state index in [2.05, 4.69) is 25.3 Å². The quantitative estimate of drug-likeness (QED) is 0.584. The zero-order valence-electron chi connectivity index (χ0n) is 6.33. The lowest BCUT2D eigenvalue weighted by Gasteiger charge is -2.12. The van der Waals surface area contributed by atoms with E-state index in [9.17, 15) is 0 Å². The second kappa shape index (κ2) is 1.94. The first kappa shape index (κ1) is 5.93. The third-order valence-corrected chi connectivity index (χ3v) is 1.97. The van der Waals surface area contributed by atoms with Crippen molar-refractivity contribution in [3.05, 3.63) is 12.2 Å². The molecule has 12 heavy (non-hydrogen) atoms. The predicted molar refractivity (Wildman–Crippen MR) is 43.9 cm³/mol. The molecule has 0 aliphatic carbocycles. The molecule has 0 aromatic carbocycles. The Morgan fingerprint density at radius 1 is 1.33 bits per heavy atom. The number of fused-ring (bicyclic) bond motifs is 4. The smallest absolute Gasteiger partial charge is 0.183 e. The van der Waals surface area contributed by atoms with Crippen LogP contribution in [0.1, 0.15) is 5.82 Å². The van der Waals surface area contributed by atoms with Gasteiger partial charge < -0.3 is 10.3 Å². The molecule has 2 aromatic heterocycles. The van der Waals surface area contributed by atoms with Gasteiger partial charge in [0.15, 0.2) is 11.5 Å². The molecule has 3 rings (SSSR count). The first-order valence-corrected chi connectivity index (χ1v) is 3.87. The lowest BCUT2D eigenvalue weighted by molar-refractivity contribution is 0.861. The summed E-state index contributed by atoms with van der Waals surface area (Å²) in [6, 6.07) is 0. The summed E-state index contributed by atoms with van der Waals surface area (Å²) in [6.07, 6.45) is 2.52. The van der Waals surface area contributed by atoms with Crippen LogP contribution in [0.25, 0.3) is 11.2 Å². The molecule has 0 unspecified atom stereocenters. The fourth-order valence-electron chi connectivity index (χ4n) is 1.41. The lowest BCUT2D eigenvalue weighted by atomic mass is 10.3. The van der Waals surface area contributed by atoms with E-state index in [0.29, 0.717) is 0 Å². The summed E-state index contributed by atoms with van der Waals surface area (Å²) in [5.41, 5.74) is 1.65. The molecule has 0 saturated heterocycles. The lowest BCUT2D eigenvalue weighted by Crippen LogP contribution is -2.16. The summed E-state index contributed by atoms with van der Waals surface area (Å²) >= 11 is 0. The van der Waals surface area contributed by atoms with Crippen molar-refractivity contribution >= 4 is 17.0 Å². The van der Waals surface area contributed by atoms with E-state index in [1.165, 1.54) is 0 Å². The van der Waals surface area contributed by atoms with Crippen molar-refractivity contribution in [1.82, 2.24) is 19.9 Å². The van der Waals surface area contributed by atoms with Gasteiger partial charge in [0.1, 0.15) is 11.3 Å². The largest absolute Gasteiger partial charge is 0.368 e. The first-order chi connectivity index (χ1) is 5.93. The van der Waals surface area contributed by atoms with Crippen LogP contribution in [0.3, 0.4) is 0 Å². The minimum atomic E-state index is 0.752. The van der Waals surface area contributed by atoms with E-state index >= 15 is 0 Å². The highest BCUT2D eigenvalue weighted by molar-refractivity contribution is 5.82. The predicted octanol–water partition coefficient (Wildman–Crippen LogP) is 0.321. The Balaban J connectivity index is 2.45. The Kier molecular flexibility index (Phi) is 0.957. The number of rotatable bonds is 0. The average molecular weight is 161 g/mol. The molecular formula is C7H7N5. The SMILES string of the molecule is c1nc2nc3nc(c2[nH]1)NCC3. The Morgan fingerprint density at radius 3 is 3.33 bits per heavy atom. The van der Waals surface area contributed by atoms with Crippen LogP contribution in [-0.4, -0.2) is 26.5 Å². The van der Waals surface area contributed by atoms with Gasteiger partial charge in [-0.05, 0) is 0 Å². The van der Waals surface area contributed by atoms with Gasteiger partial charge in [0.25, 0.3) is 0 Å². The van der Waals surface area contributed by atoms with Gasteiger partial charge in [-0.1, -0.05) is 0 Å². The van der Waals surface area contributed by atoms with Gasteiger partial charge in [0, 0.05) is 13.0 Å². The zero-order chi connectivity index (χ0) is 7.97. The summed E-state index contributed by atoms with van der Waals surface area (Å²) in [7, 11) is 0. The van der Waals surface area contributed by atoms with Crippen molar-refractivity contribution in [1.29, 1.82) is 0 Å². The van der Waals surface area contributed by atoms with Crippen LogP contribution >= 0.6 is 0 Å². The molecule has 0 amide bonds. The van der Waals surface area contributed by atoms with Crippen LogP contribution in [0.5, 0.6) is 0 Å². The number of H-pyrrole nitrogens is 1. The molecule has 0 saturated carbocycles. The number of nitrogens with one attached hydrogen (secondary N) is 2. The normalized spacial score (nSPS) is 14.7. The Hall–Kier alpha value is -1.65. The molecule has 3 heterocycles. The van der Waals surface area contributed by atoms with Gasteiger partial charge in [-0.25, -0.2) is 15.0 Å². The van der Waals surface area contributed by atoms with E-state index in [-0.39, 0.29) is 0 Å². The number of hydrogen-bond acceptors (Lipinski definition) is 4. The molecule has 2 N–H and O–H groups in total. The summed E-state index contributed by atoms with van der Waals surface area (Å²) in [5, 5.41) is 3.19. The maximum absolute atomic E-state index is 4.29. The van der Waals surface area contributed by atoms with Gasteiger partial charge >= 0.3 is 0 Å². The maximum Gasteiger partial charge on any atom is 0.183 e. The third-order valence-electron chi connectivity index (χ3n) is 1.97. The molecule has 0 spiro atoms. The molecule has 0 atom stereocenters. The van der Waals surface area contributed by atoms with Crippen molar-refractivity contribution in [2.45, 2.75) is 6.42 Å². The number of anilines is 1. The first-order valence-electron chi connectivity index (χ1n) is 3.87. The van der Waals surface area contributed by atoms with Gasteiger partial charge in [-0.15, -0.1) is 0 Å². The van der Waals surface area contributed by atoms with E-state index in [0.717, 1.165) is 35.8 Å². The molecular weight excluding hydrogens is 154 g/mol. The maximum atomic E-state index is 4.29. The molecule has 2 bridgehead atoms. The van der Waals surface area contributed by atoms with Gasteiger partial charge in [-0.3, -0.25) is 0 Å². The summed E-state index contributed by atoms with van der Waals surface area (Å²) in [6.45, 7) is 0.913. The van der Waals surface area contributed by atoms with Crippen molar-refractivity contribution in [2.75, 3.05) is 11.9 Å².